The van der Waals surface area contributed by atoms with Gasteiger partial charge in [-0.05, 0) is 45.5 Å². The molecule has 0 bridgehead atoms. The number of hydrogen-bond donors (Lipinski definition) is 0. The Morgan fingerprint density at radius 2 is 1.35 bits per heavy atom. The molecule has 0 saturated heterocycles. The Balaban J connectivity index is 1.86. The van der Waals surface area contributed by atoms with Crippen molar-refractivity contribution >= 4 is 33.4 Å². The van der Waals surface area contributed by atoms with Gasteiger partial charge in [0.2, 0.25) is 0 Å². The molecule has 4 aromatic rings. The monoisotopic (exact) mass is 408 g/mol. The van der Waals surface area contributed by atoms with Gasteiger partial charge in [0, 0.05) is 11.1 Å². The average Bonchev–Trinajstić information content (AvgIpc) is 2.61. The van der Waals surface area contributed by atoms with Crippen LogP contribution in [0, 0.1) is 3.70 Å². The van der Waals surface area contributed by atoms with Crippen molar-refractivity contribution in [3.8, 4) is 22.6 Å². The number of benzene rings is 3. The first-order chi connectivity index (χ1) is 11.3. The molecular weight excluding hydrogens is 395 g/mol. The molecule has 0 atom stereocenters. The lowest BCUT2D eigenvalue weighted by Gasteiger charge is -2.07. The van der Waals surface area contributed by atoms with Crippen LogP contribution in [-0.2, 0) is 0 Å². The van der Waals surface area contributed by atoms with Gasteiger partial charge in [0.25, 0.3) is 0 Å². The number of rotatable bonds is 2. The zero-order valence-electron chi connectivity index (χ0n) is 12.3. The Morgan fingerprint density at radius 3 is 2.17 bits per heavy atom. The first-order valence-electron chi connectivity index (χ1n) is 7.39. The molecule has 0 aliphatic carbocycles. The fourth-order valence-electron chi connectivity index (χ4n) is 2.63. The first-order valence-corrected chi connectivity index (χ1v) is 8.47. The molecule has 3 aromatic carbocycles. The molecule has 0 spiro atoms. The minimum Gasteiger partial charge on any atom is -0.228 e. The van der Waals surface area contributed by atoms with E-state index in [9.17, 15) is 0 Å². The number of halogens is 1. The van der Waals surface area contributed by atoms with Crippen LogP contribution in [0.25, 0.3) is 33.4 Å². The number of aromatic nitrogens is 2. The van der Waals surface area contributed by atoms with Gasteiger partial charge in [0.05, 0.1) is 5.69 Å². The topological polar surface area (TPSA) is 25.8 Å². The van der Waals surface area contributed by atoms with Gasteiger partial charge in [-0.3, -0.25) is 0 Å². The Bertz CT molecular complexity index is 981. The summed E-state index contributed by atoms with van der Waals surface area (Å²) in [5, 5.41) is 2.43. The van der Waals surface area contributed by atoms with Crippen molar-refractivity contribution < 1.29 is 0 Å². The van der Waals surface area contributed by atoms with Crippen LogP contribution in [-0.4, -0.2) is 9.97 Å². The quantitative estimate of drug-likeness (QED) is 0.320. The maximum atomic E-state index is 4.76. The van der Waals surface area contributed by atoms with Crippen LogP contribution in [0.2, 0.25) is 0 Å². The number of nitrogens with zero attached hydrogens (tertiary/aromatic N) is 2. The molecule has 0 amide bonds. The molecule has 2 nitrogen and oxygen atoms in total. The molecule has 23 heavy (non-hydrogen) atoms. The fraction of sp³-hybridized carbons (Fsp3) is 0. The van der Waals surface area contributed by atoms with Crippen LogP contribution in [0.15, 0.2) is 78.9 Å². The summed E-state index contributed by atoms with van der Waals surface area (Å²) in [5.74, 6) is 0.765. The Labute approximate surface area is 148 Å². The van der Waals surface area contributed by atoms with E-state index in [1.165, 1.54) is 10.8 Å². The first kappa shape index (κ1) is 14.3. The van der Waals surface area contributed by atoms with E-state index in [1.807, 2.05) is 24.3 Å². The molecule has 3 heteroatoms. The summed E-state index contributed by atoms with van der Waals surface area (Å²) in [4.78, 5) is 9.38. The predicted molar refractivity (Wildman–Crippen MR) is 103 cm³/mol. The molecule has 0 fully saturated rings. The average molecular weight is 408 g/mol. The van der Waals surface area contributed by atoms with Gasteiger partial charge in [-0.25, -0.2) is 9.97 Å². The third-order valence-electron chi connectivity index (χ3n) is 3.77. The summed E-state index contributed by atoms with van der Waals surface area (Å²) in [6.07, 6.45) is 0. The van der Waals surface area contributed by atoms with E-state index < -0.39 is 0 Å². The van der Waals surface area contributed by atoms with Crippen molar-refractivity contribution in [2.75, 3.05) is 0 Å². The largest absolute Gasteiger partial charge is 0.228 e. The molecule has 0 aliphatic heterocycles. The van der Waals surface area contributed by atoms with E-state index in [-0.39, 0.29) is 0 Å². The molecule has 0 unspecified atom stereocenters. The Hall–Kier alpha value is -2.27. The van der Waals surface area contributed by atoms with E-state index in [4.69, 9.17) is 4.98 Å². The van der Waals surface area contributed by atoms with Gasteiger partial charge in [-0.2, -0.15) is 0 Å². The maximum absolute atomic E-state index is 4.76. The summed E-state index contributed by atoms with van der Waals surface area (Å²) in [7, 11) is 0. The van der Waals surface area contributed by atoms with Gasteiger partial charge in [-0.15, -0.1) is 0 Å². The maximum Gasteiger partial charge on any atom is 0.160 e. The zero-order chi connectivity index (χ0) is 15.6. The van der Waals surface area contributed by atoms with Gasteiger partial charge < -0.3 is 0 Å². The molecule has 0 saturated carbocycles. The number of hydrogen-bond acceptors (Lipinski definition) is 2. The molecular formula is C20H13IN2. The Kier molecular flexibility index (Phi) is 3.79. The van der Waals surface area contributed by atoms with Crippen LogP contribution in [0.3, 0.4) is 0 Å². The molecule has 1 aromatic heterocycles. The summed E-state index contributed by atoms with van der Waals surface area (Å²) in [6, 6.07) is 26.9. The molecule has 0 N–H and O–H groups in total. The zero-order valence-corrected chi connectivity index (χ0v) is 14.4. The van der Waals surface area contributed by atoms with Crippen LogP contribution in [0.5, 0.6) is 0 Å². The van der Waals surface area contributed by atoms with Crippen molar-refractivity contribution in [3.05, 3.63) is 82.6 Å². The smallest absolute Gasteiger partial charge is 0.160 e. The molecule has 110 valence electrons. The lowest BCUT2D eigenvalue weighted by atomic mass is 10.1. The molecule has 1 heterocycles. The SMILES string of the molecule is Ic1cc(-c2ccccc2)nc(-c2ccc3ccccc3c2)n1. The van der Waals surface area contributed by atoms with Crippen molar-refractivity contribution in [2.45, 2.75) is 0 Å². The van der Waals surface area contributed by atoms with Crippen LogP contribution < -0.4 is 0 Å². The highest BCUT2D eigenvalue weighted by Gasteiger charge is 2.08. The van der Waals surface area contributed by atoms with Gasteiger partial charge in [0.1, 0.15) is 3.70 Å². The predicted octanol–water partition coefficient (Wildman–Crippen LogP) is 5.57. The molecule has 4 rings (SSSR count). The van der Waals surface area contributed by atoms with Crippen molar-refractivity contribution in [3.63, 3.8) is 0 Å². The third-order valence-corrected chi connectivity index (χ3v) is 4.32. The van der Waals surface area contributed by atoms with Crippen molar-refractivity contribution in [2.24, 2.45) is 0 Å². The fourth-order valence-corrected chi connectivity index (χ4v) is 3.16. The summed E-state index contributed by atoms with van der Waals surface area (Å²) >= 11 is 2.25. The number of fused-ring (bicyclic) bond motifs is 1. The van der Waals surface area contributed by atoms with Crippen LogP contribution in [0.1, 0.15) is 0 Å². The highest BCUT2D eigenvalue weighted by Crippen LogP contribution is 2.25. The van der Waals surface area contributed by atoms with Gasteiger partial charge in [-0.1, -0.05) is 66.7 Å². The summed E-state index contributed by atoms with van der Waals surface area (Å²) in [5.41, 5.74) is 3.10. The lowest BCUT2D eigenvalue weighted by Crippen LogP contribution is -1.95. The highest BCUT2D eigenvalue weighted by molar-refractivity contribution is 14.1. The molecule has 0 aliphatic rings. The Morgan fingerprint density at radius 1 is 0.609 bits per heavy atom. The lowest BCUT2D eigenvalue weighted by molar-refractivity contribution is 1.15. The second kappa shape index (κ2) is 6.08. The van der Waals surface area contributed by atoms with E-state index in [1.54, 1.807) is 0 Å². The van der Waals surface area contributed by atoms with E-state index in [0.29, 0.717) is 0 Å². The third kappa shape index (κ3) is 2.97. The van der Waals surface area contributed by atoms with Crippen LogP contribution in [0.4, 0.5) is 0 Å². The standard InChI is InChI=1S/C20H13IN2/c21-19-13-18(15-7-2-1-3-8-15)22-20(23-19)17-11-10-14-6-4-5-9-16(14)12-17/h1-13H. The minimum absolute atomic E-state index is 0.765. The summed E-state index contributed by atoms with van der Waals surface area (Å²) < 4.78 is 0.944. The van der Waals surface area contributed by atoms with Crippen molar-refractivity contribution in [1.29, 1.82) is 0 Å². The minimum atomic E-state index is 0.765. The molecule has 0 radical (unpaired) electrons. The second-order valence-electron chi connectivity index (χ2n) is 5.33. The van der Waals surface area contributed by atoms with Gasteiger partial charge in [0.15, 0.2) is 5.82 Å². The highest BCUT2D eigenvalue weighted by atomic mass is 127. The van der Waals surface area contributed by atoms with E-state index >= 15 is 0 Å². The van der Waals surface area contributed by atoms with Gasteiger partial charge >= 0.3 is 0 Å². The van der Waals surface area contributed by atoms with E-state index in [2.05, 4.69) is 82.2 Å². The van der Waals surface area contributed by atoms with E-state index in [0.717, 1.165) is 26.3 Å². The summed E-state index contributed by atoms with van der Waals surface area (Å²) in [6.45, 7) is 0. The second-order valence-corrected chi connectivity index (χ2v) is 6.43. The normalized spacial score (nSPS) is 10.8. The van der Waals surface area contributed by atoms with Crippen LogP contribution >= 0.6 is 22.6 Å². The van der Waals surface area contributed by atoms with Crippen molar-refractivity contribution in [1.82, 2.24) is 9.97 Å².